The molecule has 1 heterocycles. The van der Waals surface area contributed by atoms with Crippen LogP contribution < -0.4 is 5.32 Å². The van der Waals surface area contributed by atoms with Crippen LogP contribution in [0, 0.1) is 5.92 Å². The molecule has 0 aliphatic carbocycles. The summed E-state index contributed by atoms with van der Waals surface area (Å²) < 4.78 is 10.5. The second-order valence-electron chi connectivity index (χ2n) is 8.93. The molecular formula is C25H29ClN2O5. The number of carbonyl (C=O) groups excluding carboxylic acids is 3. The van der Waals surface area contributed by atoms with Gasteiger partial charge in [0.15, 0.2) is 0 Å². The molecule has 0 aromatic heterocycles. The van der Waals surface area contributed by atoms with Crippen LogP contribution in [0.5, 0.6) is 0 Å². The average molecular weight is 473 g/mol. The Morgan fingerprint density at radius 2 is 1.58 bits per heavy atom. The van der Waals surface area contributed by atoms with E-state index in [1.165, 1.54) is 4.90 Å². The molecule has 8 heteroatoms. The molecule has 2 amide bonds. The summed E-state index contributed by atoms with van der Waals surface area (Å²) in [4.78, 5) is 39.1. The highest BCUT2D eigenvalue weighted by Crippen LogP contribution is 2.25. The van der Waals surface area contributed by atoms with Crippen molar-refractivity contribution in [2.24, 2.45) is 5.92 Å². The number of hydrogen-bond donors (Lipinski definition) is 1. The zero-order valence-electron chi connectivity index (χ0n) is 19.3. The number of benzene rings is 2. The number of rotatable bonds is 6. The maximum atomic E-state index is 12.9. The summed E-state index contributed by atoms with van der Waals surface area (Å²) in [6.45, 7) is 7.89. The largest absolute Gasteiger partial charge is 0.464 e. The maximum absolute atomic E-state index is 12.9. The van der Waals surface area contributed by atoms with Crippen molar-refractivity contribution in [1.82, 2.24) is 10.2 Å². The quantitative estimate of drug-likeness (QED) is 0.624. The van der Waals surface area contributed by atoms with Gasteiger partial charge in [-0.15, -0.1) is 0 Å². The van der Waals surface area contributed by atoms with Crippen molar-refractivity contribution in [2.45, 2.75) is 39.3 Å². The monoisotopic (exact) mass is 472 g/mol. The smallest absolute Gasteiger partial charge is 0.410 e. The van der Waals surface area contributed by atoms with E-state index in [1.54, 1.807) is 52.0 Å². The Hall–Kier alpha value is -3.06. The summed E-state index contributed by atoms with van der Waals surface area (Å²) in [7, 11) is 0. The highest BCUT2D eigenvalue weighted by molar-refractivity contribution is 6.30. The molecule has 2 aromatic rings. The second-order valence-corrected chi connectivity index (χ2v) is 9.37. The number of esters is 1. The summed E-state index contributed by atoms with van der Waals surface area (Å²) in [6, 6.07) is 13.6. The molecule has 0 bridgehead atoms. The minimum absolute atomic E-state index is 0.198. The number of ether oxygens (including phenoxy) is 2. The van der Waals surface area contributed by atoms with Gasteiger partial charge in [-0.1, -0.05) is 35.9 Å². The van der Waals surface area contributed by atoms with Gasteiger partial charge in [-0.05, 0) is 63.1 Å². The van der Waals surface area contributed by atoms with E-state index in [4.69, 9.17) is 21.1 Å². The zero-order chi connectivity index (χ0) is 24.2. The van der Waals surface area contributed by atoms with Crippen LogP contribution in [0.15, 0.2) is 48.5 Å². The molecule has 176 valence electrons. The van der Waals surface area contributed by atoms with Gasteiger partial charge in [0.2, 0.25) is 0 Å². The van der Waals surface area contributed by atoms with E-state index in [2.05, 4.69) is 5.32 Å². The average Bonchev–Trinajstić information content (AvgIpc) is 2.71. The lowest BCUT2D eigenvalue weighted by Gasteiger charge is -2.42. The van der Waals surface area contributed by atoms with Crippen LogP contribution in [0.4, 0.5) is 4.79 Å². The summed E-state index contributed by atoms with van der Waals surface area (Å²) in [6.07, 6.45) is -0.439. The summed E-state index contributed by atoms with van der Waals surface area (Å²) in [5.74, 6) is -1.15. The number of hydrogen-bond acceptors (Lipinski definition) is 5. The van der Waals surface area contributed by atoms with Crippen molar-refractivity contribution in [2.75, 3.05) is 19.7 Å². The molecule has 3 rings (SSSR count). The normalized spacial score (nSPS) is 14.8. The summed E-state index contributed by atoms with van der Waals surface area (Å²) in [5, 5.41) is 3.44. The van der Waals surface area contributed by atoms with E-state index in [-0.39, 0.29) is 18.4 Å². The van der Waals surface area contributed by atoms with Crippen LogP contribution in [-0.4, -0.2) is 54.2 Å². The molecule has 1 aliphatic rings. The number of nitrogens with one attached hydrogen (secondary N) is 1. The van der Waals surface area contributed by atoms with E-state index < -0.39 is 23.7 Å². The number of nitrogens with zero attached hydrogens (tertiary/aromatic N) is 1. The first-order valence-electron chi connectivity index (χ1n) is 10.9. The molecule has 1 unspecified atom stereocenters. The molecule has 1 aliphatic heterocycles. The SMILES string of the molecule is CCOC(=O)C(NC(=O)c1ccc(-c2ccc(Cl)cc2)cc1)C1CN(C(=O)OC(C)(C)C)C1. The molecule has 1 saturated heterocycles. The van der Waals surface area contributed by atoms with Gasteiger partial charge in [0, 0.05) is 29.6 Å². The summed E-state index contributed by atoms with van der Waals surface area (Å²) in [5.41, 5.74) is 1.74. The predicted octanol–water partition coefficient (Wildman–Crippen LogP) is 4.54. The van der Waals surface area contributed by atoms with Crippen LogP contribution >= 0.6 is 11.6 Å². The third kappa shape index (κ3) is 6.48. The number of halogens is 1. The van der Waals surface area contributed by atoms with Gasteiger partial charge in [-0.25, -0.2) is 9.59 Å². The molecule has 1 fully saturated rings. The van der Waals surface area contributed by atoms with Gasteiger partial charge < -0.3 is 19.7 Å². The maximum Gasteiger partial charge on any atom is 0.410 e. The molecule has 1 atom stereocenters. The van der Waals surface area contributed by atoms with E-state index in [9.17, 15) is 14.4 Å². The van der Waals surface area contributed by atoms with Crippen molar-refractivity contribution in [3.8, 4) is 11.1 Å². The second kappa shape index (κ2) is 10.3. The fraction of sp³-hybridized carbons (Fsp3) is 0.400. The molecule has 33 heavy (non-hydrogen) atoms. The molecule has 0 radical (unpaired) electrons. The van der Waals surface area contributed by atoms with Gasteiger partial charge in [0.05, 0.1) is 6.61 Å². The van der Waals surface area contributed by atoms with E-state index >= 15 is 0 Å². The van der Waals surface area contributed by atoms with Gasteiger partial charge in [-0.2, -0.15) is 0 Å². The van der Waals surface area contributed by atoms with Crippen molar-refractivity contribution in [3.05, 3.63) is 59.1 Å². The molecule has 0 spiro atoms. The number of likely N-dealkylation sites (tertiary alicyclic amines) is 1. The Bertz CT molecular complexity index is 993. The van der Waals surface area contributed by atoms with Crippen molar-refractivity contribution < 1.29 is 23.9 Å². The first-order chi connectivity index (χ1) is 15.6. The minimum Gasteiger partial charge on any atom is -0.464 e. The first-order valence-corrected chi connectivity index (χ1v) is 11.3. The minimum atomic E-state index is -0.855. The Morgan fingerprint density at radius 1 is 1.03 bits per heavy atom. The lowest BCUT2D eigenvalue weighted by atomic mass is 9.91. The topological polar surface area (TPSA) is 84.9 Å². The van der Waals surface area contributed by atoms with Gasteiger partial charge >= 0.3 is 12.1 Å². The standard InChI is InChI=1S/C25H29ClN2O5/c1-5-32-23(30)21(19-14-28(15-19)24(31)33-25(2,3)4)27-22(29)18-8-6-16(7-9-18)17-10-12-20(26)13-11-17/h6-13,19,21H,5,14-15H2,1-4H3,(H,27,29). The van der Waals surface area contributed by atoms with Crippen molar-refractivity contribution in [1.29, 1.82) is 0 Å². The lowest BCUT2D eigenvalue weighted by molar-refractivity contribution is -0.148. The Kier molecular flexibility index (Phi) is 7.64. The molecule has 1 N–H and O–H groups in total. The van der Waals surface area contributed by atoms with Gasteiger partial charge in [0.1, 0.15) is 11.6 Å². The van der Waals surface area contributed by atoms with Crippen LogP contribution in [0.25, 0.3) is 11.1 Å². The highest BCUT2D eigenvalue weighted by Gasteiger charge is 2.42. The molecule has 2 aromatic carbocycles. The highest BCUT2D eigenvalue weighted by atomic mass is 35.5. The molecule has 0 saturated carbocycles. The molecule has 7 nitrogen and oxygen atoms in total. The number of amides is 2. The Balaban J connectivity index is 1.65. The number of carbonyl (C=O) groups is 3. The predicted molar refractivity (Wildman–Crippen MR) is 126 cm³/mol. The van der Waals surface area contributed by atoms with Crippen LogP contribution in [-0.2, 0) is 14.3 Å². The van der Waals surface area contributed by atoms with E-state index in [0.29, 0.717) is 23.7 Å². The van der Waals surface area contributed by atoms with E-state index in [1.807, 2.05) is 24.3 Å². The van der Waals surface area contributed by atoms with Crippen LogP contribution in [0.3, 0.4) is 0 Å². The zero-order valence-corrected chi connectivity index (χ0v) is 20.0. The fourth-order valence-corrected chi connectivity index (χ4v) is 3.61. The van der Waals surface area contributed by atoms with Gasteiger partial charge in [0.25, 0.3) is 5.91 Å². The van der Waals surface area contributed by atoms with E-state index in [0.717, 1.165) is 11.1 Å². The first kappa shape index (κ1) is 24.6. The Morgan fingerprint density at radius 3 is 2.09 bits per heavy atom. The Labute approximate surface area is 199 Å². The fourth-order valence-electron chi connectivity index (χ4n) is 3.48. The lowest BCUT2D eigenvalue weighted by Crippen LogP contribution is -2.61. The molecular weight excluding hydrogens is 444 g/mol. The van der Waals surface area contributed by atoms with Crippen molar-refractivity contribution >= 4 is 29.6 Å². The van der Waals surface area contributed by atoms with Crippen LogP contribution in [0.1, 0.15) is 38.1 Å². The van der Waals surface area contributed by atoms with Crippen molar-refractivity contribution in [3.63, 3.8) is 0 Å². The third-order valence-corrected chi connectivity index (χ3v) is 5.44. The van der Waals surface area contributed by atoms with Gasteiger partial charge in [-0.3, -0.25) is 4.79 Å². The third-order valence-electron chi connectivity index (χ3n) is 5.18. The van der Waals surface area contributed by atoms with Crippen LogP contribution in [0.2, 0.25) is 5.02 Å². The summed E-state index contributed by atoms with van der Waals surface area (Å²) >= 11 is 5.94.